The maximum atomic E-state index is 11.0. The van der Waals surface area contributed by atoms with Crippen LogP contribution in [0.4, 0.5) is 0 Å². The molecule has 2 aromatic rings. The number of aromatic carboxylic acids is 1. The average Bonchev–Trinajstić information content (AvgIpc) is 2.56. The Morgan fingerprint density at radius 3 is 2.62 bits per heavy atom. The van der Waals surface area contributed by atoms with Crippen LogP contribution in [0.3, 0.4) is 0 Å². The van der Waals surface area contributed by atoms with E-state index in [0.29, 0.717) is 4.88 Å². The lowest BCUT2D eigenvalue weighted by Gasteiger charge is -2.00. The number of aryl methyl sites for hydroxylation is 3. The molecule has 0 amide bonds. The van der Waals surface area contributed by atoms with E-state index >= 15 is 0 Å². The molecular formula is C11H12N2O2S. The highest BCUT2D eigenvalue weighted by Gasteiger charge is 2.17. The van der Waals surface area contributed by atoms with Gasteiger partial charge >= 0.3 is 5.97 Å². The maximum absolute atomic E-state index is 11.0. The van der Waals surface area contributed by atoms with Crippen molar-refractivity contribution in [1.29, 1.82) is 0 Å². The van der Waals surface area contributed by atoms with E-state index in [9.17, 15) is 4.79 Å². The van der Waals surface area contributed by atoms with Gasteiger partial charge in [-0.25, -0.2) is 14.8 Å². The molecule has 2 aromatic heterocycles. The van der Waals surface area contributed by atoms with Crippen molar-refractivity contribution < 1.29 is 9.90 Å². The molecule has 0 aliphatic carbocycles. The summed E-state index contributed by atoms with van der Waals surface area (Å²) in [6.07, 6.45) is 0.760. The summed E-state index contributed by atoms with van der Waals surface area (Å²) in [5.74, 6) is -0.124. The number of carboxylic acids is 1. The second-order valence-electron chi connectivity index (χ2n) is 3.62. The normalized spacial score (nSPS) is 10.9. The molecule has 0 radical (unpaired) electrons. The molecule has 4 nitrogen and oxygen atoms in total. The van der Waals surface area contributed by atoms with Crippen molar-refractivity contribution in [3.63, 3.8) is 0 Å². The van der Waals surface area contributed by atoms with E-state index in [1.54, 1.807) is 0 Å². The van der Waals surface area contributed by atoms with Crippen molar-refractivity contribution in [3.05, 3.63) is 22.0 Å². The van der Waals surface area contributed by atoms with Gasteiger partial charge in [0.1, 0.15) is 15.5 Å². The lowest BCUT2D eigenvalue weighted by molar-refractivity contribution is 0.0701. The molecule has 0 saturated heterocycles. The van der Waals surface area contributed by atoms with Crippen LogP contribution in [0.1, 0.15) is 33.7 Å². The number of fused-ring (bicyclic) bond motifs is 1. The van der Waals surface area contributed by atoms with Crippen LogP contribution in [0, 0.1) is 13.8 Å². The Morgan fingerprint density at radius 1 is 1.38 bits per heavy atom. The van der Waals surface area contributed by atoms with Crippen molar-refractivity contribution in [2.45, 2.75) is 27.2 Å². The van der Waals surface area contributed by atoms with Gasteiger partial charge in [-0.05, 0) is 19.4 Å². The zero-order chi connectivity index (χ0) is 11.9. The highest BCUT2D eigenvalue weighted by Crippen LogP contribution is 2.31. The molecule has 0 aliphatic rings. The van der Waals surface area contributed by atoms with E-state index < -0.39 is 5.97 Å². The van der Waals surface area contributed by atoms with E-state index in [4.69, 9.17) is 5.11 Å². The molecule has 0 saturated carbocycles. The largest absolute Gasteiger partial charge is 0.477 e. The van der Waals surface area contributed by atoms with Crippen molar-refractivity contribution in [2.24, 2.45) is 0 Å². The predicted molar refractivity (Wildman–Crippen MR) is 63.2 cm³/mol. The molecule has 0 bridgehead atoms. The van der Waals surface area contributed by atoms with E-state index in [2.05, 4.69) is 9.97 Å². The van der Waals surface area contributed by atoms with Gasteiger partial charge in [0.2, 0.25) is 0 Å². The molecule has 0 atom stereocenters. The van der Waals surface area contributed by atoms with Crippen LogP contribution < -0.4 is 0 Å². The Hall–Kier alpha value is -1.49. The molecule has 1 N–H and O–H groups in total. The Bertz CT molecular complexity index is 575. The van der Waals surface area contributed by atoms with Gasteiger partial charge in [0.15, 0.2) is 0 Å². The SMILES string of the molecule is CCc1nc(C)c2c(C)c(C(=O)O)sc2n1. The number of rotatable bonds is 2. The molecule has 0 spiro atoms. The van der Waals surface area contributed by atoms with Crippen LogP contribution in [0.2, 0.25) is 0 Å². The lowest BCUT2D eigenvalue weighted by Crippen LogP contribution is -1.96. The van der Waals surface area contributed by atoms with Crippen LogP contribution in [0.25, 0.3) is 10.2 Å². The fourth-order valence-electron chi connectivity index (χ4n) is 1.76. The molecule has 2 heterocycles. The van der Waals surface area contributed by atoms with Gasteiger partial charge in [-0.3, -0.25) is 0 Å². The first-order valence-electron chi connectivity index (χ1n) is 5.04. The quantitative estimate of drug-likeness (QED) is 0.870. The molecule has 0 fully saturated rings. The van der Waals surface area contributed by atoms with Gasteiger partial charge in [-0.2, -0.15) is 0 Å². The standard InChI is InChI=1S/C11H12N2O2S/c1-4-7-12-6(3)8-5(2)9(11(14)15)16-10(8)13-7/h4H2,1-3H3,(H,14,15). The Balaban J connectivity index is 2.80. The first-order valence-corrected chi connectivity index (χ1v) is 5.86. The fraction of sp³-hybridized carbons (Fsp3) is 0.364. The summed E-state index contributed by atoms with van der Waals surface area (Å²) < 4.78 is 0. The second-order valence-corrected chi connectivity index (χ2v) is 4.62. The number of hydrogen-bond donors (Lipinski definition) is 1. The minimum Gasteiger partial charge on any atom is -0.477 e. The van der Waals surface area contributed by atoms with Gasteiger partial charge in [0, 0.05) is 17.5 Å². The number of aromatic nitrogens is 2. The van der Waals surface area contributed by atoms with Crippen molar-refractivity contribution >= 4 is 27.5 Å². The highest BCUT2D eigenvalue weighted by atomic mass is 32.1. The Kier molecular flexibility index (Phi) is 2.63. The first kappa shape index (κ1) is 11.0. The highest BCUT2D eigenvalue weighted by molar-refractivity contribution is 7.20. The van der Waals surface area contributed by atoms with Gasteiger partial charge in [0.25, 0.3) is 0 Å². The van der Waals surface area contributed by atoms with Gasteiger partial charge in [-0.1, -0.05) is 6.92 Å². The molecule has 0 unspecified atom stereocenters. The Labute approximate surface area is 97.0 Å². The molecule has 0 aromatic carbocycles. The zero-order valence-corrected chi connectivity index (χ0v) is 10.2. The lowest BCUT2D eigenvalue weighted by atomic mass is 10.1. The Morgan fingerprint density at radius 2 is 2.06 bits per heavy atom. The topological polar surface area (TPSA) is 63.1 Å². The predicted octanol–water partition coefficient (Wildman–Crippen LogP) is 2.57. The third-order valence-corrected chi connectivity index (χ3v) is 3.70. The van der Waals surface area contributed by atoms with Crippen LogP contribution in [0.15, 0.2) is 0 Å². The van der Waals surface area contributed by atoms with Crippen molar-refractivity contribution in [1.82, 2.24) is 9.97 Å². The first-order chi connectivity index (χ1) is 7.54. The summed E-state index contributed by atoms with van der Waals surface area (Å²) in [6.45, 7) is 5.69. The van der Waals surface area contributed by atoms with E-state index in [-0.39, 0.29) is 0 Å². The van der Waals surface area contributed by atoms with E-state index in [1.807, 2.05) is 20.8 Å². The third-order valence-electron chi connectivity index (χ3n) is 2.53. The van der Waals surface area contributed by atoms with Gasteiger partial charge in [0.05, 0.1) is 0 Å². The number of nitrogens with zero attached hydrogens (tertiary/aromatic N) is 2. The summed E-state index contributed by atoms with van der Waals surface area (Å²) in [6, 6.07) is 0. The smallest absolute Gasteiger partial charge is 0.346 e. The van der Waals surface area contributed by atoms with Crippen LogP contribution >= 0.6 is 11.3 Å². The van der Waals surface area contributed by atoms with Gasteiger partial charge in [-0.15, -0.1) is 11.3 Å². The number of thiophene rings is 1. The van der Waals surface area contributed by atoms with E-state index in [1.165, 1.54) is 11.3 Å². The summed E-state index contributed by atoms with van der Waals surface area (Å²) in [5, 5.41) is 9.93. The maximum Gasteiger partial charge on any atom is 0.346 e. The van der Waals surface area contributed by atoms with Crippen molar-refractivity contribution in [2.75, 3.05) is 0 Å². The molecular weight excluding hydrogens is 224 g/mol. The molecule has 16 heavy (non-hydrogen) atoms. The van der Waals surface area contributed by atoms with Crippen LogP contribution in [-0.2, 0) is 6.42 Å². The number of carbonyl (C=O) groups is 1. The fourth-order valence-corrected chi connectivity index (χ4v) is 2.85. The van der Waals surface area contributed by atoms with Gasteiger partial charge < -0.3 is 5.11 Å². The average molecular weight is 236 g/mol. The number of hydrogen-bond acceptors (Lipinski definition) is 4. The minimum absolute atomic E-state index is 0.362. The van der Waals surface area contributed by atoms with Crippen LogP contribution in [0.5, 0.6) is 0 Å². The zero-order valence-electron chi connectivity index (χ0n) is 9.37. The minimum atomic E-state index is -0.891. The molecule has 84 valence electrons. The summed E-state index contributed by atoms with van der Waals surface area (Å²) in [7, 11) is 0. The van der Waals surface area contributed by atoms with E-state index in [0.717, 1.165) is 33.7 Å². The summed E-state index contributed by atoms with van der Waals surface area (Å²) in [4.78, 5) is 20.9. The second kappa shape index (κ2) is 3.83. The number of carboxylic acid groups (broad SMARTS) is 1. The molecule has 5 heteroatoms. The summed E-state index contributed by atoms with van der Waals surface area (Å²) in [5.41, 5.74) is 1.63. The monoisotopic (exact) mass is 236 g/mol. The molecule has 2 rings (SSSR count). The third kappa shape index (κ3) is 1.57. The van der Waals surface area contributed by atoms with Crippen LogP contribution in [-0.4, -0.2) is 21.0 Å². The van der Waals surface area contributed by atoms with Crippen molar-refractivity contribution in [3.8, 4) is 0 Å². The summed E-state index contributed by atoms with van der Waals surface area (Å²) >= 11 is 1.23. The molecule has 0 aliphatic heterocycles.